The highest BCUT2D eigenvalue weighted by atomic mass is 19.1. The average Bonchev–Trinajstić information content (AvgIpc) is 3.57. The summed E-state index contributed by atoms with van der Waals surface area (Å²) in [4.78, 5) is 12.2. The fourth-order valence-corrected chi connectivity index (χ4v) is 4.96. The number of fused-ring (bicyclic) bond motifs is 2. The summed E-state index contributed by atoms with van der Waals surface area (Å²) in [5, 5.41) is 11.9. The lowest BCUT2D eigenvalue weighted by Gasteiger charge is -2.16. The van der Waals surface area contributed by atoms with E-state index in [1.165, 1.54) is 6.07 Å². The molecule has 4 heterocycles. The third-order valence-corrected chi connectivity index (χ3v) is 6.96. The first kappa shape index (κ1) is 24.9. The highest BCUT2D eigenvalue weighted by molar-refractivity contribution is 5.83. The molecule has 8 heteroatoms. The van der Waals surface area contributed by atoms with E-state index < -0.39 is 6.29 Å². The van der Waals surface area contributed by atoms with Crippen molar-refractivity contribution in [2.45, 2.75) is 25.7 Å². The number of aromatic amines is 1. The van der Waals surface area contributed by atoms with Crippen molar-refractivity contribution in [3.05, 3.63) is 114 Å². The number of rotatable bonds is 8. The summed E-state index contributed by atoms with van der Waals surface area (Å²) < 4.78 is 21.4. The zero-order chi connectivity index (χ0) is 26.9. The van der Waals surface area contributed by atoms with Crippen LogP contribution in [0.3, 0.4) is 0 Å². The molecule has 0 aliphatic carbocycles. The summed E-state index contributed by atoms with van der Waals surface area (Å²) in [7, 11) is 0. The van der Waals surface area contributed by atoms with Gasteiger partial charge in [0.2, 0.25) is 6.29 Å². The number of pyridine rings is 2. The summed E-state index contributed by atoms with van der Waals surface area (Å²) in [6, 6.07) is 20.5. The van der Waals surface area contributed by atoms with Crippen molar-refractivity contribution < 1.29 is 14.2 Å². The van der Waals surface area contributed by atoms with Crippen LogP contribution >= 0.6 is 0 Å². The molecule has 0 spiro atoms. The van der Waals surface area contributed by atoms with Crippen LogP contribution in [0.25, 0.3) is 38.8 Å². The van der Waals surface area contributed by atoms with Gasteiger partial charge in [-0.15, -0.1) is 0 Å². The van der Waals surface area contributed by atoms with Crippen LogP contribution < -0.4 is 5.73 Å². The van der Waals surface area contributed by atoms with Gasteiger partial charge in [0.1, 0.15) is 5.82 Å². The van der Waals surface area contributed by atoms with Gasteiger partial charge in [0.15, 0.2) is 5.82 Å². The molecular weight excluding hydrogens is 493 g/mol. The molecule has 6 aromatic rings. The zero-order valence-electron chi connectivity index (χ0n) is 21.4. The Morgan fingerprint density at radius 2 is 1.92 bits per heavy atom. The first-order valence-corrected chi connectivity index (χ1v) is 12.8. The van der Waals surface area contributed by atoms with Gasteiger partial charge in [-0.05, 0) is 72.5 Å². The van der Waals surface area contributed by atoms with Gasteiger partial charge < -0.3 is 20.6 Å². The normalized spacial score (nSPS) is 13.2. The molecule has 0 aliphatic heterocycles. The van der Waals surface area contributed by atoms with Crippen LogP contribution in [0.15, 0.2) is 91.5 Å². The summed E-state index contributed by atoms with van der Waals surface area (Å²) in [5.41, 5.74) is 13.3. The minimum atomic E-state index is -1.23. The number of hydrogen-bond donors (Lipinski definition) is 3. The van der Waals surface area contributed by atoms with Gasteiger partial charge in [-0.25, -0.2) is 9.37 Å². The summed E-state index contributed by atoms with van der Waals surface area (Å²) in [5.74, 6) is 0.126. The third kappa shape index (κ3) is 4.93. The molecule has 0 bridgehead atoms. The van der Waals surface area contributed by atoms with Crippen LogP contribution in [-0.4, -0.2) is 37.1 Å². The highest BCUT2D eigenvalue weighted by Crippen LogP contribution is 2.32. The van der Waals surface area contributed by atoms with Crippen molar-refractivity contribution in [1.82, 2.24) is 19.4 Å². The van der Waals surface area contributed by atoms with E-state index in [0.717, 1.165) is 44.4 Å². The van der Waals surface area contributed by atoms with Gasteiger partial charge in [-0.2, -0.15) is 0 Å². The van der Waals surface area contributed by atoms with Crippen LogP contribution in [0, 0.1) is 12.7 Å². The molecule has 0 saturated heterocycles. The summed E-state index contributed by atoms with van der Waals surface area (Å²) >= 11 is 0. The van der Waals surface area contributed by atoms with E-state index in [9.17, 15) is 9.50 Å². The van der Waals surface area contributed by atoms with Crippen molar-refractivity contribution in [2.24, 2.45) is 5.73 Å². The molecule has 0 aliphatic rings. The van der Waals surface area contributed by atoms with Crippen molar-refractivity contribution in [3.8, 4) is 22.4 Å². The number of aromatic nitrogens is 4. The average molecular weight is 522 g/mol. The van der Waals surface area contributed by atoms with Crippen molar-refractivity contribution in [3.63, 3.8) is 0 Å². The van der Waals surface area contributed by atoms with Gasteiger partial charge >= 0.3 is 0 Å². The maximum absolute atomic E-state index is 13.9. The fourth-order valence-electron chi connectivity index (χ4n) is 4.96. The highest BCUT2D eigenvalue weighted by Gasteiger charge is 2.18. The number of nitrogens with two attached hydrogens (primary N) is 1. The lowest BCUT2D eigenvalue weighted by molar-refractivity contribution is -0.112. The predicted octanol–water partition coefficient (Wildman–Crippen LogP) is 5.57. The Bertz CT molecular complexity index is 1780. The SMILES string of the molecule is Cc1cc(-c2ncccc2-c2ccn3c(C(O)OC[C@H](N)Cc4c[nH]c5ccccc45)ncc3c2)ccc1F. The van der Waals surface area contributed by atoms with Crippen LogP contribution in [0.4, 0.5) is 4.39 Å². The zero-order valence-corrected chi connectivity index (χ0v) is 21.4. The van der Waals surface area contributed by atoms with E-state index in [-0.39, 0.29) is 18.5 Å². The van der Waals surface area contributed by atoms with Gasteiger partial charge in [-0.3, -0.25) is 9.38 Å². The van der Waals surface area contributed by atoms with Crippen molar-refractivity contribution in [2.75, 3.05) is 6.61 Å². The minimum absolute atomic E-state index is 0.170. The number of benzene rings is 2. The topological polar surface area (TPSA) is 101 Å². The Morgan fingerprint density at radius 1 is 1.05 bits per heavy atom. The molecule has 0 amide bonds. The third-order valence-electron chi connectivity index (χ3n) is 6.96. The Balaban J connectivity index is 1.19. The second-order valence-electron chi connectivity index (χ2n) is 9.70. The molecule has 4 N–H and O–H groups in total. The molecule has 2 aromatic carbocycles. The lowest BCUT2D eigenvalue weighted by Crippen LogP contribution is -2.29. The minimum Gasteiger partial charge on any atom is -0.362 e. The van der Waals surface area contributed by atoms with E-state index in [1.54, 1.807) is 35.9 Å². The Kier molecular flexibility index (Phi) is 6.66. The van der Waals surface area contributed by atoms with Crippen LogP contribution in [-0.2, 0) is 11.2 Å². The number of hydrogen-bond acceptors (Lipinski definition) is 5. The Hall–Kier alpha value is -4.37. The smallest absolute Gasteiger partial charge is 0.215 e. The first-order valence-electron chi connectivity index (χ1n) is 12.8. The second kappa shape index (κ2) is 10.4. The largest absolute Gasteiger partial charge is 0.362 e. The molecular formula is C31H28FN5O2. The number of para-hydroxylation sites is 1. The number of imidazole rings is 1. The first-order chi connectivity index (χ1) is 19.0. The second-order valence-corrected chi connectivity index (χ2v) is 9.70. The van der Waals surface area contributed by atoms with Crippen molar-refractivity contribution in [1.29, 1.82) is 0 Å². The Labute approximate surface area is 224 Å². The lowest BCUT2D eigenvalue weighted by atomic mass is 9.99. The van der Waals surface area contributed by atoms with Gasteiger partial charge in [0.25, 0.3) is 0 Å². The standard InChI is InChI=1S/C31H28FN5O2/c1-19-13-21(8-9-27(19)32)29-26(6-4-11-34-29)20-10-12-37-24(15-20)17-36-30(37)31(38)39-18-23(33)14-22-16-35-28-7-3-2-5-25(22)28/h2-13,15-17,23,31,35,38H,14,18,33H2,1H3/t23-,31?/m1/s1. The number of aryl methyl sites for hydroxylation is 1. The van der Waals surface area contributed by atoms with Gasteiger partial charge in [0.05, 0.1) is 24.0 Å². The molecule has 6 rings (SSSR count). The number of halogens is 1. The quantitative estimate of drug-likeness (QED) is 0.227. The molecule has 0 radical (unpaired) electrons. The molecule has 196 valence electrons. The number of aliphatic hydroxyl groups is 1. The molecule has 7 nitrogen and oxygen atoms in total. The fraction of sp³-hybridized carbons (Fsp3) is 0.161. The number of H-pyrrole nitrogens is 1. The van der Waals surface area contributed by atoms with E-state index in [0.29, 0.717) is 17.8 Å². The van der Waals surface area contributed by atoms with E-state index in [4.69, 9.17) is 10.5 Å². The van der Waals surface area contributed by atoms with Crippen LogP contribution in [0.2, 0.25) is 0 Å². The molecule has 39 heavy (non-hydrogen) atoms. The molecule has 1 unspecified atom stereocenters. The maximum atomic E-state index is 13.9. The monoisotopic (exact) mass is 521 g/mol. The molecule has 2 atom stereocenters. The predicted molar refractivity (Wildman–Crippen MR) is 149 cm³/mol. The maximum Gasteiger partial charge on any atom is 0.215 e. The number of nitrogens with zero attached hydrogens (tertiary/aromatic N) is 3. The molecule has 0 saturated carbocycles. The van der Waals surface area contributed by atoms with E-state index in [2.05, 4.69) is 21.0 Å². The van der Waals surface area contributed by atoms with E-state index >= 15 is 0 Å². The van der Waals surface area contributed by atoms with Crippen LogP contribution in [0.5, 0.6) is 0 Å². The number of nitrogens with one attached hydrogen (secondary N) is 1. The summed E-state index contributed by atoms with van der Waals surface area (Å²) in [6.45, 7) is 1.91. The van der Waals surface area contributed by atoms with E-state index in [1.807, 2.05) is 54.9 Å². The summed E-state index contributed by atoms with van der Waals surface area (Å²) in [6.07, 6.45) is 6.61. The Morgan fingerprint density at radius 3 is 2.79 bits per heavy atom. The molecule has 0 fully saturated rings. The van der Waals surface area contributed by atoms with Crippen LogP contribution in [0.1, 0.15) is 23.2 Å². The van der Waals surface area contributed by atoms with Gasteiger partial charge in [-0.1, -0.05) is 24.3 Å². The number of ether oxygens (including phenoxy) is 1. The van der Waals surface area contributed by atoms with Crippen molar-refractivity contribution >= 4 is 16.4 Å². The number of aliphatic hydroxyl groups excluding tert-OH is 1. The molecule has 4 aromatic heterocycles. The van der Waals surface area contributed by atoms with Gasteiger partial charge in [0, 0.05) is 46.7 Å².